The zero-order valence-electron chi connectivity index (χ0n) is 21.7. The van der Waals surface area contributed by atoms with E-state index in [1.54, 1.807) is 33.5 Å². The minimum atomic E-state index is -0.780. The van der Waals surface area contributed by atoms with Crippen LogP contribution < -0.4 is 14.2 Å². The molecule has 6 nitrogen and oxygen atoms in total. The molecule has 0 aliphatic heterocycles. The molecule has 3 aromatic rings. The molecule has 6 heteroatoms. The first-order valence-electron chi connectivity index (χ1n) is 12.4. The molecule has 192 valence electrons. The van der Waals surface area contributed by atoms with E-state index in [0.717, 1.165) is 42.9 Å². The molecule has 0 aromatic heterocycles. The van der Waals surface area contributed by atoms with E-state index in [9.17, 15) is 10.2 Å². The van der Waals surface area contributed by atoms with Gasteiger partial charge in [-0.15, -0.1) is 0 Å². The number of fused-ring (bicyclic) bond motifs is 1. The van der Waals surface area contributed by atoms with Crippen molar-refractivity contribution in [1.82, 2.24) is 4.90 Å². The van der Waals surface area contributed by atoms with Crippen molar-refractivity contribution in [2.24, 2.45) is 0 Å². The number of hydrogen-bond donors (Lipinski definition) is 2. The van der Waals surface area contributed by atoms with E-state index in [4.69, 9.17) is 14.2 Å². The summed E-state index contributed by atoms with van der Waals surface area (Å²) >= 11 is 0. The lowest BCUT2D eigenvalue weighted by Crippen LogP contribution is -2.36. The molecule has 0 bridgehead atoms. The lowest BCUT2D eigenvalue weighted by Gasteiger charge is -2.35. The van der Waals surface area contributed by atoms with Crippen LogP contribution in [-0.2, 0) is 18.3 Å². The number of benzene rings is 3. The largest absolute Gasteiger partial charge is 0.508 e. The molecule has 1 aliphatic carbocycles. The molecule has 0 fully saturated rings. The number of phenols is 1. The minimum absolute atomic E-state index is 0.136. The highest BCUT2D eigenvalue weighted by molar-refractivity contribution is 5.52. The van der Waals surface area contributed by atoms with Crippen LogP contribution in [0.25, 0.3) is 0 Å². The lowest BCUT2D eigenvalue weighted by atomic mass is 9.71. The average Bonchev–Trinajstić information content (AvgIpc) is 3.34. The molecule has 0 heterocycles. The zero-order valence-corrected chi connectivity index (χ0v) is 21.7. The van der Waals surface area contributed by atoms with E-state index in [1.807, 2.05) is 36.4 Å². The molecule has 0 saturated carbocycles. The Balaban J connectivity index is 1.53. The number of hydrogen-bond acceptors (Lipinski definition) is 6. The summed E-state index contributed by atoms with van der Waals surface area (Å²) < 4.78 is 16.7. The fraction of sp³-hybridized carbons (Fsp3) is 0.400. The number of nitrogens with zero attached hydrogens (tertiary/aromatic N) is 1. The molecule has 1 atom stereocenters. The number of aliphatic hydroxyl groups excluding tert-OH is 1. The second-order valence-corrected chi connectivity index (χ2v) is 9.58. The van der Waals surface area contributed by atoms with E-state index >= 15 is 0 Å². The van der Waals surface area contributed by atoms with Gasteiger partial charge in [0.2, 0.25) is 0 Å². The summed E-state index contributed by atoms with van der Waals surface area (Å²) in [6.07, 6.45) is 3.42. The molecule has 4 rings (SSSR count). The normalized spacial score (nSPS) is 14.9. The second kappa shape index (κ2) is 11.2. The van der Waals surface area contributed by atoms with Crippen molar-refractivity contribution in [3.05, 3.63) is 82.9 Å². The number of aromatic hydroxyl groups is 1. The maximum Gasteiger partial charge on any atom is 0.161 e. The predicted molar refractivity (Wildman–Crippen MR) is 142 cm³/mol. The minimum Gasteiger partial charge on any atom is -0.508 e. The SMILES string of the molecule is COc1cc2c(cc1OC)CC(N(C)CCCC(CO)(c1ccccc1O)c1ccccc1OC)C2. The Kier molecular flexibility index (Phi) is 8.07. The Labute approximate surface area is 214 Å². The Bertz CT molecular complexity index is 1150. The van der Waals surface area contributed by atoms with Gasteiger partial charge in [-0.3, -0.25) is 0 Å². The highest BCUT2D eigenvalue weighted by atomic mass is 16.5. The van der Waals surface area contributed by atoms with E-state index in [-0.39, 0.29) is 12.4 Å². The highest BCUT2D eigenvalue weighted by Crippen LogP contribution is 2.44. The summed E-state index contributed by atoms with van der Waals surface area (Å²) in [5, 5.41) is 21.6. The third kappa shape index (κ3) is 4.88. The van der Waals surface area contributed by atoms with Crippen LogP contribution in [0, 0.1) is 0 Å². The number of para-hydroxylation sites is 2. The summed E-state index contributed by atoms with van der Waals surface area (Å²) in [5.74, 6) is 2.43. The number of ether oxygens (including phenoxy) is 3. The maximum atomic E-state index is 10.8. The van der Waals surface area contributed by atoms with Crippen molar-refractivity contribution < 1.29 is 24.4 Å². The third-order valence-corrected chi connectivity index (χ3v) is 7.67. The first-order valence-corrected chi connectivity index (χ1v) is 12.4. The first kappa shape index (κ1) is 25.9. The average molecular weight is 492 g/mol. The van der Waals surface area contributed by atoms with E-state index in [0.29, 0.717) is 23.8 Å². The van der Waals surface area contributed by atoms with Gasteiger partial charge < -0.3 is 29.3 Å². The Morgan fingerprint density at radius 1 is 0.833 bits per heavy atom. The van der Waals surface area contributed by atoms with Crippen molar-refractivity contribution in [2.45, 2.75) is 37.1 Å². The third-order valence-electron chi connectivity index (χ3n) is 7.67. The molecule has 2 N–H and O–H groups in total. The van der Waals surface area contributed by atoms with Gasteiger partial charge in [0.15, 0.2) is 11.5 Å². The second-order valence-electron chi connectivity index (χ2n) is 9.58. The molecule has 0 spiro atoms. The summed E-state index contributed by atoms with van der Waals surface area (Å²) in [6, 6.07) is 19.6. The van der Waals surface area contributed by atoms with Crippen molar-refractivity contribution in [3.63, 3.8) is 0 Å². The van der Waals surface area contributed by atoms with Gasteiger partial charge in [0, 0.05) is 17.2 Å². The first-order chi connectivity index (χ1) is 17.5. The number of likely N-dealkylation sites (N-methyl/N-ethyl adjacent to an activating group) is 1. The van der Waals surface area contributed by atoms with Gasteiger partial charge in [-0.2, -0.15) is 0 Å². The van der Waals surface area contributed by atoms with Crippen LogP contribution in [0.15, 0.2) is 60.7 Å². The predicted octanol–water partition coefficient (Wildman–Crippen LogP) is 4.58. The van der Waals surface area contributed by atoms with Gasteiger partial charge in [-0.05, 0) is 74.7 Å². The molecule has 36 heavy (non-hydrogen) atoms. The van der Waals surface area contributed by atoms with Crippen LogP contribution in [0.1, 0.15) is 35.1 Å². The molecular formula is C30H37NO5. The molecule has 3 aromatic carbocycles. The van der Waals surface area contributed by atoms with Crippen LogP contribution >= 0.6 is 0 Å². The van der Waals surface area contributed by atoms with Crippen LogP contribution in [0.3, 0.4) is 0 Å². The maximum absolute atomic E-state index is 10.8. The van der Waals surface area contributed by atoms with Gasteiger partial charge in [-0.1, -0.05) is 36.4 Å². The van der Waals surface area contributed by atoms with E-state index in [1.165, 1.54) is 11.1 Å². The van der Waals surface area contributed by atoms with Gasteiger partial charge in [0.1, 0.15) is 11.5 Å². The molecule has 0 amide bonds. The van der Waals surface area contributed by atoms with Crippen LogP contribution in [0.4, 0.5) is 0 Å². The smallest absolute Gasteiger partial charge is 0.161 e. The number of rotatable bonds is 11. The highest BCUT2D eigenvalue weighted by Gasteiger charge is 2.38. The summed E-state index contributed by atoms with van der Waals surface area (Å²) in [6.45, 7) is 0.723. The Morgan fingerprint density at radius 3 is 1.94 bits per heavy atom. The van der Waals surface area contributed by atoms with Gasteiger partial charge in [-0.25, -0.2) is 0 Å². The summed E-state index contributed by atoms with van der Waals surface area (Å²) in [4.78, 5) is 2.40. The number of methoxy groups -OCH3 is 3. The summed E-state index contributed by atoms with van der Waals surface area (Å²) in [7, 11) is 7.14. The van der Waals surface area contributed by atoms with Crippen molar-refractivity contribution >= 4 is 0 Å². The fourth-order valence-electron chi connectivity index (χ4n) is 5.63. The van der Waals surface area contributed by atoms with Crippen molar-refractivity contribution in [2.75, 3.05) is 41.5 Å². The zero-order chi connectivity index (χ0) is 25.7. The van der Waals surface area contributed by atoms with Crippen LogP contribution in [0.2, 0.25) is 0 Å². The summed E-state index contributed by atoms with van der Waals surface area (Å²) in [5.41, 5.74) is 3.42. The van der Waals surface area contributed by atoms with Crippen LogP contribution in [0.5, 0.6) is 23.0 Å². The lowest BCUT2D eigenvalue weighted by molar-refractivity contribution is 0.188. The quantitative estimate of drug-likeness (QED) is 0.409. The fourth-order valence-corrected chi connectivity index (χ4v) is 5.63. The standard InChI is InChI=1S/C30H37NO5/c1-31(23-16-21-18-28(35-3)29(36-4)19-22(21)17-23)15-9-14-30(20-32,24-10-5-7-12-26(24)33)25-11-6-8-13-27(25)34-2/h5-8,10-13,18-19,23,32-33H,9,14-17,20H2,1-4H3. The molecule has 0 saturated heterocycles. The van der Waals surface area contributed by atoms with Gasteiger partial charge in [0.05, 0.1) is 33.4 Å². The Hall–Kier alpha value is -3.22. The number of aliphatic hydroxyl groups is 1. The monoisotopic (exact) mass is 491 g/mol. The number of phenolic OH excluding ortho intramolecular Hbond substituents is 1. The van der Waals surface area contributed by atoms with E-state index in [2.05, 4.69) is 24.1 Å². The van der Waals surface area contributed by atoms with Crippen LogP contribution in [-0.4, -0.2) is 62.7 Å². The molecule has 0 radical (unpaired) electrons. The molecular weight excluding hydrogens is 454 g/mol. The topological polar surface area (TPSA) is 71.4 Å². The van der Waals surface area contributed by atoms with Gasteiger partial charge in [0.25, 0.3) is 0 Å². The van der Waals surface area contributed by atoms with Gasteiger partial charge >= 0.3 is 0 Å². The van der Waals surface area contributed by atoms with Crippen molar-refractivity contribution in [1.29, 1.82) is 0 Å². The molecule has 1 unspecified atom stereocenters. The molecule has 1 aliphatic rings. The Morgan fingerprint density at radius 2 is 1.39 bits per heavy atom. The van der Waals surface area contributed by atoms with Crippen molar-refractivity contribution in [3.8, 4) is 23.0 Å². The van der Waals surface area contributed by atoms with E-state index < -0.39 is 5.41 Å².